The molecular weight excluding hydrogens is 210 g/mol. The van der Waals surface area contributed by atoms with E-state index in [9.17, 15) is 0 Å². The van der Waals surface area contributed by atoms with Crippen molar-refractivity contribution in [3.05, 3.63) is 29.8 Å². The first-order valence-corrected chi connectivity index (χ1v) is 6.83. The van der Waals surface area contributed by atoms with E-state index in [1.807, 2.05) is 6.92 Å². The van der Waals surface area contributed by atoms with Crippen LogP contribution >= 0.6 is 0 Å². The molecule has 2 nitrogen and oxygen atoms in total. The number of hydrogen-bond donors (Lipinski definition) is 1. The van der Waals surface area contributed by atoms with E-state index in [1.165, 1.54) is 31.2 Å². The molecule has 0 amide bonds. The summed E-state index contributed by atoms with van der Waals surface area (Å²) in [6.07, 6.45) is 6.65. The Kier molecular flexibility index (Phi) is 4.87. The molecule has 1 saturated carbocycles. The summed E-state index contributed by atoms with van der Waals surface area (Å²) >= 11 is 0. The van der Waals surface area contributed by atoms with Gasteiger partial charge in [-0.15, -0.1) is 0 Å². The topological polar surface area (TPSA) is 21.3 Å². The summed E-state index contributed by atoms with van der Waals surface area (Å²) in [5.74, 6) is 0.972. The summed E-state index contributed by atoms with van der Waals surface area (Å²) in [5, 5.41) is 3.64. The van der Waals surface area contributed by atoms with Crippen LogP contribution in [0.25, 0.3) is 0 Å². The smallest absolute Gasteiger partial charge is 0.119 e. The summed E-state index contributed by atoms with van der Waals surface area (Å²) in [4.78, 5) is 0. The van der Waals surface area contributed by atoms with Crippen LogP contribution in [-0.4, -0.2) is 19.2 Å². The van der Waals surface area contributed by atoms with Gasteiger partial charge in [-0.05, 0) is 50.4 Å². The van der Waals surface area contributed by atoms with Crippen LogP contribution in [0.5, 0.6) is 5.75 Å². The Morgan fingerprint density at radius 1 is 1.18 bits per heavy atom. The third kappa shape index (κ3) is 4.04. The molecule has 0 aromatic heterocycles. The van der Waals surface area contributed by atoms with Crippen molar-refractivity contribution in [2.24, 2.45) is 0 Å². The third-order valence-electron chi connectivity index (χ3n) is 3.44. The minimum Gasteiger partial charge on any atom is -0.494 e. The van der Waals surface area contributed by atoms with Crippen LogP contribution in [0.4, 0.5) is 0 Å². The van der Waals surface area contributed by atoms with Gasteiger partial charge in [0.2, 0.25) is 0 Å². The van der Waals surface area contributed by atoms with Crippen molar-refractivity contribution < 1.29 is 4.74 Å². The lowest BCUT2D eigenvalue weighted by Gasteiger charge is -2.11. The van der Waals surface area contributed by atoms with E-state index in [4.69, 9.17) is 4.74 Å². The first kappa shape index (κ1) is 12.4. The number of ether oxygens (including phenoxy) is 1. The van der Waals surface area contributed by atoms with Crippen molar-refractivity contribution in [2.45, 2.75) is 45.1 Å². The normalized spacial score (nSPS) is 16.3. The van der Waals surface area contributed by atoms with Gasteiger partial charge >= 0.3 is 0 Å². The molecule has 1 aliphatic rings. The van der Waals surface area contributed by atoms with Gasteiger partial charge in [-0.2, -0.15) is 0 Å². The van der Waals surface area contributed by atoms with Crippen molar-refractivity contribution >= 4 is 0 Å². The second-order valence-electron chi connectivity index (χ2n) is 4.76. The molecular formula is C15H23NO. The Morgan fingerprint density at radius 2 is 1.88 bits per heavy atom. The molecule has 0 radical (unpaired) electrons. The second kappa shape index (κ2) is 6.65. The second-order valence-corrected chi connectivity index (χ2v) is 4.76. The number of nitrogens with one attached hydrogen (secondary N) is 1. The number of rotatable bonds is 6. The van der Waals surface area contributed by atoms with Gasteiger partial charge in [0, 0.05) is 6.04 Å². The maximum absolute atomic E-state index is 5.43. The highest BCUT2D eigenvalue weighted by molar-refractivity contribution is 5.27. The molecule has 0 saturated heterocycles. The molecule has 2 rings (SSSR count). The number of benzene rings is 1. The maximum atomic E-state index is 5.43. The number of hydrogen-bond acceptors (Lipinski definition) is 2. The fraction of sp³-hybridized carbons (Fsp3) is 0.600. The molecule has 0 spiro atoms. The zero-order valence-electron chi connectivity index (χ0n) is 10.7. The Morgan fingerprint density at radius 3 is 2.53 bits per heavy atom. The van der Waals surface area contributed by atoms with Crippen LogP contribution in [0.1, 0.15) is 38.2 Å². The molecule has 1 aromatic carbocycles. The average molecular weight is 233 g/mol. The van der Waals surface area contributed by atoms with E-state index in [-0.39, 0.29) is 0 Å². The molecule has 0 heterocycles. The molecule has 17 heavy (non-hydrogen) atoms. The highest BCUT2D eigenvalue weighted by Gasteiger charge is 2.13. The Labute approximate surface area is 104 Å². The van der Waals surface area contributed by atoms with Crippen LogP contribution in [0.15, 0.2) is 24.3 Å². The molecule has 1 aliphatic carbocycles. The molecule has 1 aromatic rings. The molecule has 94 valence electrons. The summed E-state index contributed by atoms with van der Waals surface area (Å²) < 4.78 is 5.43. The Balaban J connectivity index is 1.70. The SMILES string of the molecule is CCOc1ccc(CCNC2CCCC2)cc1. The summed E-state index contributed by atoms with van der Waals surface area (Å²) in [5.41, 5.74) is 1.39. The van der Waals surface area contributed by atoms with E-state index in [0.717, 1.165) is 31.4 Å². The minimum atomic E-state index is 0.739. The van der Waals surface area contributed by atoms with Gasteiger partial charge in [-0.1, -0.05) is 25.0 Å². The zero-order chi connectivity index (χ0) is 11.9. The minimum absolute atomic E-state index is 0.739. The third-order valence-corrected chi connectivity index (χ3v) is 3.44. The lowest BCUT2D eigenvalue weighted by Crippen LogP contribution is -2.27. The van der Waals surface area contributed by atoms with Gasteiger partial charge in [0.15, 0.2) is 0 Å². The van der Waals surface area contributed by atoms with E-state index in [2.05, 4.69) is 29.6 Å². The molecule has 1 fully saturated rings. The van der Waals surface area contributed by atoms with Gasteiger partial charge in [0.1, 0.15) is 5.75 Å². The van der Waals surface area contributed by atoms with Crippen LogP contribution in [-0.2, 0) is 6.42 Å². The quantitative estimate of drug-likeness (QED) is 0.815. The van der Waals surface area contributed by atoms with Crippen molar-refractivity contribution in [1.82, 2.24) is 5.32 Å². The van der Waals surface area contributed by atoms with Gasteiger partial charge in [0.05, 0.1) is 6.61 Å². The van der Waals surface area contributed by atoms with Crippen molar-refractivity contribution in [2.75, 3.05) is 13.2 Å². The Hall–Kier alpha value is -1.02. The van der Waals surface area contributed by atoms with E-state index >= 15 is 0 Å². The predicted molar refractivity (Wildman–Crippen MR) is 71.6 cm³/mol. The molecule has 1 N–H and O–H groups in total. The molecule has 0 unspecified atom stereocenters. The largest absolute Gasteiger partial charge is 0.494 e. The summed E-state index contributed by atoms with van der Waals surface area (Å²) in [6, 6.07) is 9.24. The lowest BCUT2D eigenvalue weighted by molar-refractivity contribution is 0.340. The van der Waals surface area contributed by atoms with E-state index < -0.39 is 0 Å². The van der Waals surface area contributed by atoms with Gasteiger partial charge in [-0.3, -0.25) is 0 Å². The molecule has 0 atom stereocenters. The van der Waals surface area contributed by atoms with Crippen LogP contribution in [0.2, 0.25) is 0 Å². The van der Waals surface area contributed by atoms with Crippen LogP contribution in [0, 0.1) is 0 Å². The van der Waals surface area contributed by atoms with Crippen LogP contribution in [0.3, 0.4) is 0 Å². The molecule has 0 aliphatic heterocycles. The van der Waals surface area contributed by atoms with E-state index in [1.54, 1.807) is 0 Å². The van der Waals surface area contributed by atoms with Gasteiger partial charge in [-0.25, -0.2) is 0 Å². The molecule has 0 bridgehead atoms. The lowest BCUT2D eigenvalue weighted by atomic mass is 10.1. The monoisotopic (exact) mass is 233 g/mol. The Bertz CT molecular complexity index is 314. The highest BCUT2D eigenvalue weighted by atomic mass is 16.5. The standard InChI is InChI=1S/C15H23NO/c1-2-17-15-9-7-13(8-10-15)11-12-16-14-5-3-4-6-14/h7-10,14,16H,2-6,11-12H2,1H3. The van der Waals surface area contributed by atoms with Gasteiger partial charge in [0.25, 0.3) is 0 Å². The fourth-order valence-electron chi connectivity index (χ4n) is 2.47. The summed E-state index contributed by atoms with van der Waals surface area (Å²) in [7, 11) is 0. The summed E-state index contributed by atoms with van der Waals surface area (Å²) in [6.45, 7) is 3.85. The first-order valence-electron chi connectivity index (χ1n) is 6.83. The van der Waals surface area contributed by atoms with Gasteiger partial charge < -0.3 is 10.1 Å². The highest BCUT2D eigenvalue weighted by Crippen LogP contribution is 2.17. The first-order chi connectivity index (χ1) is 8.38. The maximum Gasteiger partial charge on any atom is 0.119 e. The van der Waals surface area contributed by atoms with Crippen molar-refractivity contribution in [3.8, 4) is 5.75 Å². The van der Waals surface area contributed by atoms with E-state index in [0.29, 0.717) is 0 Å². The van der Waals surface area contributed by atoms with Crippen molar-refractivity contribution in [3.63, 3.8) is 0 Å². The van der Waals surface area contributed by atoms with Crippen molar-refractivity contribution in [1.29, 1.82) is 0 Å². The predicted octanol–water partition coefficient (Wildman–Crippen LogP) is 3.16. The van der Waals surface area contributed by atoms with Crippen LogP contribution < -0.4 is 10.1 Å². The zero-order valence-corrected chi connectivity index (χ0v) is 10.7. The fourth-order valence-corrected chi connectivity index (χ4v) is 2.47. The average Bonchev–Trinajstić information content (AvgIpc) is 2.85. The molecule has 2 heteroatoms.